The van der Waals surface area contributed by atoms with E-state index < -0.39 is 11.8 Å². The highest BCUT2D eigenvalue weighted by Crippen LogP contribution is 2.29. The quantitative estimate of drug-likeness (QED) is 0.486. The summed E-state index contributed by atoms with van der Waals surface area (Å²) in [4.78, 5) is 36.7. The molecule has 3 rings (SSSR count). The molecule has 0 aliphatic carbocycles. The van der Waals surface area contributed by atoms with E-state index in [0.717, 1.165) is 15.3 Å². The van der Waals surface area contributed by atoms with Gasteiger partial charge >= 0.3 is 0 Å². The highest BCUT2D eigenvalue weighted by atomic mass is 35.5. The van der Waals surface area contributed by atoms with Gasteiger partial charge in [-0.05, 0) is 60.2 Å². The van der Waals surface area contributed by atoms with Gasteiger partial charge in [0, 0.05) is 32.1 Å². The lowest BCUT2D eigenvalue weighted by molar-refractivity contribution is -0.117. The number of benzene rings is 2. The summed E-state index contributed by atoms with van der Waals surface area (Å²) in [6, 6.07) is 17.8. The third-order valence-electron chi connectivity index (χ3n) is 3.99. The molecule has 0 spiro atoms. The lowest BCUT2D eigenvalue weighted by Crippen LogP contribution is -2.33. The van der Waals surface area contributed by atoms with E-state index in [2.05, 4.69) is 10.6 Å². The van der Waals surface area contributed by atoms with Crippen LogP contribution in [0.15, 0.2) is 66.7 Å². The number of nitrogens with two attached hydrogens (primary N) is 1. The Kier molecular flexibility index (Phi) is 7.00. The summed E-state index contributed by atoms with van der Waals surface area (Å²) in [6.07, 6.45) is 3.19. The Morgan fingerprint density at radius 3 is 2.33 bits per heavy atom. The van der Waals surface area contributed by atoms with Gasteiger partial charge in [-0.1, -0.05) is 23.7 Å². The first-order chi connectivity index (χ1) is 14.4. The molecule has 0 aliphatic heterocycles. The van der Waals surface area contributed by atoms with Crippen LogP contribution in [-0.2, 0) is 9.59 Å². The number of hydrogen-bond donors (Lipinski definition) is 3. The Morgan fingerprint density at radius 1 is 0.967 bits per heavy atom. The van der Waals surface area contributed by atoms with Gasteiger partial charge in [0.15, 0.2) is 0 Å². The van der Waals surface area contributed by atoms with Gasteiger partial charge in [0.25, 0.3) is 5.91 Å². The van der Waals surface area contributed by atoms with Crippen molar-refractivity contribution in [3.63, 3.8) is 0 Å². The van der Waals surface area contributed by atoms with Crippen molar-refractivity contribution in [1.29, 1.82) is 0 Å². The number of halogens is 1. The van der Waals surface area contributed by atoms with E-state index in [1.54, 1.807) is 41.7 Å². The molecule has 0 unspecified atom stereocenters. The normalized spacial score (nSPS) is 10.7. The van der Waals surface area contributed by atoms with E-state index >= 15 is 0 Å². The predicted molar refractivity (Wildman–Crippen MR) is 120 cm³/mol. The molecule has 3 aromatic rings. The van der Waals surface area contributed by atoms with Crippen LogP contribution in [0.1, 0.15) is 15.2 Å². The number of primary amides is 1. The largest absolute Gasteiger partial charge is 0.368 e. The van der Waals surface area contributed by atoms with Gasteiger partial charge < -0.3 is 16.4 Å². The van der Waals surface area contributed by atoms with Crippen molar-refractivity contribution in [3.8, 4) is 10.4 Å². The molecule has 0 fully saturated rings. The monoisotopic (exact) mass is 439 g/mol. The summed E-state index contributed by atoms with van der Waals surface area (Å²) in [5.41, 5.74) is 6.96. The summed E-state index contributed by atoms with van der Waals surface area (Å²) >= 11 is 7.48. The zero-order valence-corrected chi connectivity index (χ0v) is 17.3. The van der Waals surface area contributed by atoms with E-state index in [1.165, 1.54) is 6.08 Å². The highest BCUT2D eigenvalue weighted by Gasteiger charge is 2.07. The Morgan fingerprint density at radius 2 is 1.67 bits per heavy atom. The fraction of sp³-hybridized carbons (Fsp3) is 0.0455. The zero-order chi connectivity index (χ0) is 21.5. The molecule has 0 radical (unpaired) electrons. The zero-order valence-electron chi connectivity index (χ0n) is 15.7. The molecule has 1 heterocycles. The summed E-state index contributed by atoms with van der Waals surface area (Å²) in [7, 11) is 0. The molecule has 152 valence electrons. The average Bonchev–Trinajstić information content (AvgIpc) is 3.20. The maximum atomic E-state index is 12.2. The molecule has 0 aliphatic rings. The SMILES string of the molecule is NC(=O)CNC(=O)c1ccc(NC(=O)/C=C/c2ccc(-c3ccc(Cl)cc3)s2)cc1. The van der Waals surface area contributed by atoms with Crippen molar-refractivity contribution >= 4 is 52.4 Å². The van der Waals surface area contributed by atoms with Crippen molar-refractivity contribution in [1.82, 2.24) is 5.32 Å². The molecule has 1 aromatic heterocycles. The topological polar surface area (TPSA) is 101 Å². The van der Waals surface area contributed by atoms with Crippen LogP contribution in [0, 0.1) is 0 Å². The van der Waals surface area contributed by atoms with Crippen LogP contribution in [0.4, 0.5) is 5.69 Å². The van der Waals surface area contributed by atoms with E-state index in [1.807, 2.05) is 36.4 Å². The Balaban J connectivity index is 1.56. The van der Waals surface area contributed by atoms with E-state index in [9.17, 15) is 14.4 Å². The number of nitrogens with one attached hydrogen (secondary N) is 2. The number of carbonyl (C=O) groups is 3. The average molecular weight is 440 g/mol. The summed E-state index contributed by atoms with van der Waals surface area (Å²) in [5, 5.41) is 5.81. The minimum atomic E-state index is -0.620. The summed E-state index contributed by atoms with van der Waals surface area (Å²) in [5.74, 6) is -1.33. The van der Waals surface area contributed by atoms with Crippen LogP contribution in [0.25, 0.3) is 16.5 Å². The molecule has 0 saturated heterocycles. The van der Waals surface area contributed by atoms with Crippen LogP contribution in [0.5, 0.6) is 0 Å². The second-order valence-electron chi connectivity index (χ2n) is 6.26. The molecule has 4 N–H and O–H groups in total. The number of thiophene rings is 1. The lowest BCUT2D eigenvalue weighted by Gasteiger charge is -2.05. The summed E-state index contributed by atoms with van der Waals surface area (Å²) < 4.78 is 0. The second-order valence-corrected chi connectivity index (χ2v) is 7.81. The van der Waals surface area contributed by atoms with Crippen molar-refractivity contribution in [2.75, 3.05) is 11.9 Å². The molecule has 0 atom stereocenters. The van der Waals surface area contributed by atoms with Crippen LogP contribution in [0.2, 0.25) is 5.02 Å². The fourth-order valence-electron chi connectivity index (χ4n) is 2.53. The van der Waals surface area contributed by atoms with Crippen molar-refractivity contribution in [3.05, 3.63) is 82.2 Å². The van der Waals surface area contributed by atoms with Crippen LogP contribution < -0.4 is 16.4 Å². The first-order valence-corrected chi connectivity index (χ1v) is 10.1. The number of hydrogen-bond acceptors (Lipinski definition) is 4. The number of rotatable bonds is 7. The first kappa shape index (κ1) is 21.3. The Hall–Kier alpha value is -3.42. The maximum absolute atomic E-state index is 12.2. The minimum absolute atomic E-state index is 0.232. The van der Waals surface area contributed by atoms with Gasteiger partial charge in [0.05, 0.1) is 6.54 Å². The highest BCUT2D eigenvalue weighted by molar-refractivity contribution is 7.16. The van der Waals surface area contributed by atoms with Gasteiger partial charge in [0.1, 0.15) is 0 Å². The first-order valence-electron chi connectivity index (χ1n) is 8.92. The smallest absolute Gasteiger partial charge is 0.251 e. The molecule has 0 saturated carbocycles. The van der Waals surface area contributed by atoms with Gasteiger partial charge in [-0.2, -0.15) is 0 Å². The number of anilines is 1. The maximum Gasteiger partial charge on any atom is 0.251 e. The standard InChI is InChI=1S/C22H18ClN3O3S/c23-16-5-1-14(2-6-16)19-11-9-18(30-19)10-12-21(28)26-17-7-3-15(4-8-17)22(29)25-13-20(24)27/h1-12H,13H2,(H2,24,27)(H,25,29)(H,26,28)/b12-10+. The van der Waals surface area contributed by atoms with Gasteiger partial charge in [-0.25, -0.2) is 0 Å². The number of amides is 3. The van der Waals surface area contributed by atoms with Gasteiger partial charge in [-0.15, -0.1) is 11.3 Å². The third-order valence-corrected chi connectivity index (χ3v) is 5.34. The van der Waals surface area contributed by atoms with Crippen molar-refractivity contribution in [2.45, 2.75) is 0 Å². The predicted octanol–water partition coefficient (Wildman–Crippen LogP) is 3.94. The Bertz CT molecular complexity index is 1090. The van der Waals surface area contributed by atoms with Gasteiger partial charge in [-0.3, -0.25) is 14.4 Å². The van der Waals surface area contributed by atoms with Gasteiger partial charge in [0.2, 0.25) is 11.8 Å². The molecular formula is C22H18ClN3O3S. The molecule has 2 aromatic carbocycles. The minimum Gasteiger partial charge on any atom is -0.368 e. The molecule has 0 bridgehead atoms. The van der Waals surface area contributed by atoms with E-state index in [4.69, 9.17) is 17.3 Å². The lowest BCUT2D eigenvalue weighted by atomic mass is 10.2. The molecule has 30 heavy (non-hydrogen) atoms. The van der Waals surface area contributed by atoms with Crippen molar-refractivity contribution in [2.24, 2.45) is 5.73 Å². The summed E-state index contributed by atoms with van der Waals surface area (Å²) in [6.45, 7) is -0.232. The molecule has 3 amide bonds. The van der Waals surface area contributed by atoms with E-state index in [-0.39, 0.29) is 12.5 Å². The third kappa shape index (κ3) is 6.04. The van der Waals surface area contributed by atoms with Crippen LogP contribution in [0.3, 0.4) is 0 Å². The fourth-order valence-corrected chi connectivity index (χ4v) is 3.57. The van der Waals surface area contributed by atoms with E-state index in [0.29, 0.717) is 16.3 Å². The molecular weight excluding hydrogens is 422 g/mol. The van der Waals surface area contributed by atoms with Crippen LogP contribution >= 0.6 is 22.9 Å². The molecule has 6 nitrogen and oxygen atoms in total. The Labute approximate surface area is 182 Å². The van der Waals surface area contributed by atoms with Crippen molar-refractivity contribution < 1.29 is 14.4 Å². The van der Waals surface area contributed by atoms with Crippen LogP contribution in [-0.4, -0.2) is 24.3 Å². The molecule has 8 heteroatoms. The number of carbonyl (C=O) groups excluding carboxylic acids is 3. The second kappa shape index (κ2) is 9.87.